The quantitative estimate of drug-likeness (QED) is 0.695. The second-order valence-electron chi connectivity index (χ2n) is 5.87. The summed E-state index contributed by atoms with van der Waals surface area (Å²) in [6.07, 6.45) is 1.52. The molecule has 128 valence electrons. The third kappa shape index (κ3) is 4.26. The summed E-state index contributed by atoms with van der Waals surface area (Å²) in [5.41, 5.74) is 1.40. The molecule has 2 aromatic carbocycles. The Morgan fingerprint density at radius 3 is 2.52 bits per heavy atom. The number of aromatic nitrogens is 2. The van der Waals surface area contributed by atoms with Crippen LogP contribution in [0.1, 0.15) is 11.1 Å². The smallest absolute Gasteiger partial charge is 0.331 e. The van der Waals surface area contributed by atoms with Gasteiger partial charge < -0.3 is 4.74 Å². The lowest BCUT2D eigenvalue weighted by Gasteiger charge is -2.11. The fourth-order valence-corrected chi connectivity index (χ4v) is 2.61. The Morgan fingerprint density at radius 1 is 0.960 bits per heavy atom. The zero-order valence-electron chi connectivity index (χ0n) is 14.1. The first-order valence-corrected chi connectivity index (χ1v) is 8.17. The molecule has 0 aliphatic carbocycles. The van der Waals surface area contributed by atoms with E-state index in [0.717, 1.165) is 16.9 Å². The van der Waals surface area contributed by atoms with Gasteiger partial charge in [-0.1, -0.05) is 42.5 Å². The first-order valence-electron chi connectivity index (χ1n) is 8.17. The summed E-state index contributed by atoms with van der Waals surface area (Å²) in [6, 6.07) is 18.6. The van der Waals surface area contributed by atoms with Crippen molar-refractivity contribution in [2.45, 2.75) is 20.0 Å². The van der Waals surface area contributed by atoms with Crippen molar-refractivity contribution in [2.75, 3.05) is 6.61 Å². The fourth-order valence-electron chi connectivity index (χ4n) is 2.61. The van der Waals surface area contributed by atoms with Gasteiger partial charge in [-0.15, -0.1) is 0 Å². The Morgan fingerprint density at radius 2 is 1.76 bits per heavy atom. The first kappa shape index (κ1) is 16.8. The average molecular weight is 336 g/mol. The number of hydrogen-bond acceptors (Lipinski definition) is 3. The molecule has 0 radical (unpaired) electrons. The Balaban J connectivity index is 1.73. The summed E-state index contributed by atoms with van der Waals surface area (Å²) < 4.78 is 8.43. The van der Waals surface area contributed by atoms with Crippen LogP contribution in [0.5, 0.6) is 5.75 Å². The molecule has 0 atom stereocenters. The number of aryl methyl sites for hydroxylation is 1. The van der Waals surface area contributed by atoms with E-state index in [-0.39, 0.29) is 17.8 Å². The third-order valence-electron chi connectivity index (χ3n) is 3.91. The average Bonchev–Trinajstić information content (AvgIpc) is 2.61. The van der Waals surface area contributed by atoms with E-state index in [2.05, 4.69) is 0 Å². The molecule has 5 nitrogen and oxygen atoms in total. The SMILES string of the molecule is Cc1cccc(OCCn2ccc(=O)n(Cc3ccccc3)c2=O)c1. The zero-order chi connectivity index (χ0) is 17.6. The van der Waals surface area contributed by atoms with Gasteiger partial charge in [0.15, 0.2) is 0 Å². The van der Waals surface area contributed by atoms with E-state index >= 15 is 0 Å². The summed E-state index contributed by atoms with van der Waals surface area (Å²) in [4.78, 5) is 24.6. The summed E-state index contributed by atoms with van der Waals surface area (Å²) in [6.45, 7) is 2.99. The van der Waals surface area contributed by atoms with Gasteiger partial charge in [-0.25, -0.2) is 4.79 Å². The molecule has 0 saturated heterocycles. The van der Waals surface area contributed by atoms with Gasteiger partial charge in [0.25, 0.3) is 5.56 Å². The highest BCUT2D eigenvalue weighted by atomic mass is 16.5. The van der Waals surface area contributed by atoms with Gasteiger partial charge in [-0.2, -0.15) is 0 Å². The van der Waals surface area contributed by atoms with Gasteiger partial charge in [-0.05, 0) is 30.2 Å². The molecule has 0 fully saturated rings. The fraction of sp³-hybridized carbons (Fsp3) is 0.200. The summed E-state index contributed by atoms with van der Waals surface area (Å²) >= 11 is 0. The predicted molar refractivity (Wildman–Crippen MR) is 97.2 cm³/mol. The minimum atomic E-state index is -0.329. The van der Waals surface area contributed by atoms with E-state index in [1.54, 1.807) is 0 Å². The lowest BCUT2D eigenvalue weighted by atomic mass is 10.2. The van der Waals surface area contributed by atoms with Gasteiger partial charge >= 0.3 is 5.69 Å². The van der Waals surface area contributed by atoms with Crippen LogP contribution in [0, 0.1) is 6.92 Å². The van der Waals surface area contributed by atoms with Crippen molar-refractivity contribution in [3.8, 4) is 5.75 Å². The van der Waals surface area contributed by atoms with E-state index in [0.29, 0.717) is 13.2 Å². The molecule has 1 heterocycles. The Kier molecular flexibility index (Phi) is 5.14. The summed E-state index contributed by atoms with van der Waals surface area (Å²) in [7, 11) is 0. The van der Waals surface area contributed by atoms with E-state index in [1.165, 1.54) is 21.4 Å². The molecule has 0 unspecified atom stereocenters. The number of benzene rings is 2. The molecule has 0 N–H and O–H groups in total. The second kappa shape index (κ2) is 7.66. The highest BCUT2D eigenvalue weighted by molar-refractivity contribution is 5.27. The van der Waals surface area contributed by atoms with Crippen molar-refractivity contribution in [1.82, 2.24) is 9.13 Å². The van der Waals surface area contributed by atoms with Crippen LogP contribution in [0.2, 0.25) is 0 Å². The molecule has 25 heavy (non-hydrogen) atoms. The van der Waals surface area contributed by atoms with E-state index in [4.69, 9.17) is 4.74 Å². The van der Waals surface area contributed by atoms with Crippen LogP contribution in [0.25, 0.3) is 0 Å². The minimum absolute atomic E-state index is 0.262. The number of rotatable bonds is 6. The van der Waals surface area contributed by atoms with Gasteiger partial charge in [0, 0.05) is 12.3 Å². The van der Waals surface area contributed by atoms with Crippen molar-refractivity contribution >= 4 is 0 Å². The zero-order valence-corrected chi connectivity index (χ0v) is 14.1. The van der Waals surface area contributed by atoms with Crippen LogP contribution >= 0.6 is 0 Å². The van der Waals surface area contributed by atoms with Crippen molar-refractivity contribution in [3.63, 3.8) is 0 Å². The highest BCUT2D eigenvalue weighted by Crippen LogP contribution is 2.12. The van der Waals surface area contributed by atoms with Crippen LogP contribution < -0.4 is 16.0 Å². The first-order chi connectivity index (χ1) is 12.1. The maximum absolute atomic E-state index is 12.6. The lowest BCUT2D eigenvalue weighted by Crippen LogP contribution is -2.39. The molecular formula is C20H20N2O3. The van der Waals surface area contributed by atoms with Crippen LogP contribution in [-0.2, 0) is 13.1 Å². The van der Waals surface area contributed by atoms with Crippen LogP contribution in [-0.4, -0.2) is 15.7 Å². The second-order valence-corrected chi connectivity index (χ2v) is 5.87. The molecular weight excluding hydrogens is 316 g/mol. The molecule has 1 aromatic heterocycles. The van der Waals surface area contributed by atoms with Crippen LogP contribution in [0.3, 0.4) is 0 Å². The summed E-state index contributed by atoms with van der Waals surface area (Å²) in [5, 5.41) is 0. The molecule has 3 rings (SSSR count). The molecule has 0 aliphatic heterocycles. The Labute approximate surface area is 145 Å². The summed E-state index contributed by atoms with van der Waals surface area (Å²) in [5.74, 6) is 0.769. The van der Waals surface area contributed by atoms with Gasteiger partial charge in [0.2, 0.25) is 0 Å². The molecule has 0 bridgehead atoms. The molecule has 0 amide bonds. The molecule has 0 saturated carbocycles. The van der Waals surface area contributed by atoms with Crippen LogP contribution in [0.15, 0.2) is 76.4 Å². The number of hydrogen-bond donors (Lipinski definition) is 0. The van der Waals surface area contributed by atoms with E-state index < -0.39 is 0 Å². The van der Waals surface area contributed by atoms with Crippen LogP contribution in [0.4, 0.5) is 0 Å². The van der Waals surface area contributed by atoms with Gasteiger partial charge in [0.05, 0.1) is 13.1 Å². The molecule has 0 spiro atoms. The van der Waals surface area contributed by atoms with E-state index in [1.807, 2.05) is 61.5 Å². The maximum Gasteiger partial charge on any atom is 0.331 e. The molecule has 3 aromatic rings. The highest BCUT2D eigenvalue weighted by Gasteiger charge is 2.06. The Hall–Kier alpha value is -3.08. The Bertz CT molecular complexity index is 958. The number of nitrogens with zero attached hydrogens (tertiary/aromatic N) is 2. The standard InChI is InChI=1S/C20H20N2O3/c1-16-6-5-9-18(14-16)25-13-12-21-11-10-19(23)22(20(21)24)15-17-7-3-2-4-8-17/h2-11,14H,12-13,15H2,1H3. The molecule has 5 heteroatoms. The largest absolute Gasteiger partial charge is 0.492 e. The normalized spacial score (nSPS) is 10.6. The predicted octanol–water partition coefficient (Wildman–Crippen LogP) is 2.45. The lowest BCUT2D eigenvalue weighted by molar-refractivity contribution is 0.293. The van der Waals surface area contributed by atoms with Crippen molar-refractivity contribution in [3.05, 3.63) is 98.8 Å². The minimum Gasteiger partial charge on any atom is -0.492 e. The van der Waals surface area contributed by atoms with Crippen molar-refractivity contribution in [2.24, 2.45) is 0 Å². The van der Waals surface area contributed by atoms with Gasteiger partial charge in [-0.3, -0.25) is 13.9 Å². The third-order valence-corrected chi connectivity index (χ3v) is 3.91. The van der Waals surface area contributed by atoms with Gasteiger partial charge in [0.1, 0.15) is 12.4 Å². The van der Waals surface area contributed by atoms with Crippen molar-refractivity contribution < 1.29 is 4.74 Å². The maximum atomic E-state index is 12.6. The molecule has 0 aliphatic rings. The van der Waals surface area contributed by atoms with E-state index in [9.17, 15) is 9.59 Å². The number of ether oxygens (including phenoxy) is 1. The van der Waals surface area contributed by atoms with Crippen molar-refractivity contribution in [1.29, 1.82) is 0 Å². The monoisotopic (exact) mass is 336 g/mol. The topological polar surface area (TPSA) is 53.2 Å².